The lowest BCUT2D eigenvalue weighted by molar-refractivity contribution is -0.119. The second-order valence-corrected chi connectivity index (χ2v) is 3.12. The van der Waals surface area contributed by atoms with Crippen LogP contribution in [-0.2, 0) is 4.79 Å². The molecule has 1 atom stereocenters. The van der Waals surface area contributed by atoms with Crippen LogP contribution in [0.3, 0.4) is 0 Å². The summed E-state index contributed by atoms with van der Waals surface area (Å²) in [6, 6.07) is 0. The van der Waals surface area contributed by atoms with Crippen LogP contribution < -0.4 is 0 Å². The highest BCUT2D eigenvalue weighted by Gasteiger charge is 2.04. The van der Waals surface area contributed by atoms with Gasteiger partial charge in [-0.25, -0.2) is 0 Å². The summed E-state index contributed by atoms with van der Waals surface area (Å²) in [7, 11) is 0. The van der Waals surface area contributed by atoms with Crippen molar-refractivity contribution >= 4 is 5.78 Å². The average molecular weight is 158 g/mol. The van der Waals surface area contributed by atoms with E-state index in [1.54, 1.807) is 0 Å². The summed E-state index contributed by atoms with van der Waals surface area (Å²) in [5.41, 5.74) is 0. The van der Waals surface area contributed by atoms with Crippen LogP contribution in [0.5, 0.6) is 0 Å². The predicted molar refractivity (Wildman–Crippen MR) is 45.4 cm³/mol. The highest BCUT2D eigenvalue weighted by molar-refractivity contribution is 5.78. The van der Waals surface area contributed by atoms with E-state index in [4.69, 9.17) is 5.11 Å². The van der Waals surface area contributed by atoms with E-state index < -0.39 is 0 Å². The molecule has 0 rings (SSSR count). The minimum atomic E-state index is 0.194. The van der Waals surface area contributed by atoms with Crippen LogP contribution in [0.4, 0.5) is 0 Å². The molecule has 0 aliphatic carbocycles. The number of aliphatic hydroxyl groups is 1. The molecule has 0 heterocycles. The fraction of sp³-hybridized carbons (Fsp3) is 0.889. The van der Waals surface area contributed by atoms with E-state index >= 15 is 0 Å². The standard InChI is InChI=1S/C9H18O2/c1-3-4-9(11)6-5-8(2)7-10/h8,10H,3-7H2,1-2H3. The van der Waals surface area contributed by atoms with Gasteiger partial charge in [-0.1, -0.05) is 13.8 Å². The molecule has 0 saturated heterocycles. The Bertz CT molecular complexity index is 110. The van der Waals surface area contributed by atoms with E-state index in [0.717, 1.165) is 12.8 Å². The maximum atomic E-state index is 11.0. The zero-order chi connectivity index (χ0) is 8.69. The Morgan fingerprint density at radius 2 is 2.09 bits per heavy atom. The van der Waals surface area contributed by atoms with Crippen molar-refractivity contribution in [2.45, 2.75) is 39.5 Å². The van der Waals surface area contributed by atoms with Crippen LogP contribution in [0.2, 0.25) is 0 Å². The van der Waals surface area contributed by atoms with E-state index in [1.165, 1.54) is 0 Å². The van der Waals surface area contributed by atoms with Crippen LogP contribution in [-0.4, -0.2) is 17.5 Å². The van der Waals surface area contributed by atoms with Gasteiger partial charge in [-0.15, -0.1) is 0 Å². The van der Waals surface area contributed by atoms with Crippen LogP contribution in [0.1, 0.15) is 39.5 Å². The van der Waals surface area contributed by atoms with Gasteiger partial charge in [0.05, 0.1) is 0 Å². The fourth-order valence-electron chi connectivity index (χ4n) is 0.903. The fourth-order valence-corrected chi connectivity index (χ4v) is 0.903. The monoisotopic (exact) mass is 158 g/mol. The zero-order valence-corrected chi connectivity index (χ0v) is 7.47. The van der Waals surface area contributed by atoms with Gasteiger partial charge in [-0.2, -0.15) is 0 Å². The number of hydrogen-bond acceptors (Lipinski definition) is 2. The SMILES string of the molecule is CCCC(=O)CCC(C)CO. The van der Waals surface area contributed by atoms with Gasteiger partial charge in [-0.05, 0) is 18.8 Å². The van der Waals surface area contributed by atoms with Gasteiger partial charge in [0.25, 0.3) is 0 Å². The molecule has 0 aromatic heterocycles. The second kappa shape index (κ2) is 6.35. The van der Waals surface area contributed by atoms with Gasteiger partial charge in [0, 0.05) is 19.4 Å². The molecule has 0 aromatic rings. The van der Waals surface area contributed by atoms with Crippen LogP contribution in [0, 0.1) is 5.92 Å². The molecule has 0 saturated carbocycles. The van der Waals surface area contributed by atoms with Crippen LogP contribution in [0.25, 0.3) is 0 Å². The van der Waals surface area contributed by atoms with Crippen molar-refractivity contribution in [3.8, 4) is 0 Å². The molecule has 1 unspecified atom stereocenters. The van der Waals surface area contributed by atoms with Crippen molar-refractivity contribution in [2.75, 3.05) is 6.61 Å². The molecule has 0 bridgehead atoms. The minimum Gasteiger partial charge on any atom is -0.396 e. The molecule has 66 valence electrons. The summed E-state index contributed by atoms with van der Waals surface area (Å²) in [4.78, 5) is 11.0. The van der Waals surface area contributed by atoms with Crippen molar-refractivity contribution in [1.82, 2.24) is 0 Å². The molecule has 2 nitrogen and oxygen atoms in total. The summed E-state index contributed by atoms with van der Waals surface area (Å²) in [5.74, 6) is 0.601. The Morgan fingerprint density at radius 1 is 1.45 bits per heavy atom. The van der Waals surface area contributed by atoms with Gasteiger partial charge in [0.2, 0.25) is 0 Å². The summed E-state index contributed by atoms with van der Waals surface area (Å²) in [5, 5.41) is 8.67. The van der Waals surface area contributed by atoms with Gasteiger partial charge in [0.15, 0.2) is 0 Å². The van der Waals surface area contributed by atoms with E-state index in [1.807, 2.05) is 13.8 Å². The number of ketones is 1. The first kappa shape index (κ1) is 10.6. The Kier molecular flexibility index (Phi) is 6.13. The lowest BCUT2D eigenvalue weighted by Crippen LogP contribution is -2.04. The van der Waals surface area contributed by atoms with Crippen molar-refractivity contribution in [1.29, 1.82) is 0 Å². The van der Waals surface area contributed by atoms with Crippen molar-refractivity contribution in [3.05, 3.63) is 0 Å². The summed E-state index contributed by atoms with van der Waals surface area (Å²) >= 11 is 0. The van der Waals surface area contributed by atoms with E-state index in [2.05, 4.69) is 0 Å². The Morgan fingerprint density at radius 3 is 2.55 bits per heavy atom. The van der Waals surface area contributed by atoms with Crippen molar-refractivity contribution < 1.29 is 9.90 Å². The Labute approximate surface area is 68.6 Å². The molecule has 2 heteroatoms. The highest BCUT2D eigenvalue weighted by Crippen LogP contribution is 2.06. The summed E-state index contributed by atoms with van der Waals surface area (Å²) < 4.78 is 0. The zero-order valence-electron chi connectivity index (χ0n) is 7.47. The van der Waals surface area contributed by atoms with E-state index in [0.29, 0.717) is 18.6 Å². The normalized spacial score (nSPS) is 13.0. The van der Waals surface area contributed by atoms with Crippen LogP contribution in [0.15, 0.2) is 0 Å². The van der Waals surface area contributed by atoms with E-state index in [9.17, 15) is 4.79 Å². The highest BCUT2D eigenvalue weighted by atomic mass is 16.3. The number of rotatable bonds is 6. The molecule has 0 fully saturated rings. The number of Topliss-reactive ketones (excluding diaryl/α,β-unsaturated/α-hetero) is 1. The Balaban J connectivity index is 3.30. The molecule has 0 amide bonds. The van der Waals surface area contributed by atoms with Crippen molar-refractivity contribution in [3.63, 3.8) is 0 Å². The maximum Gasteiger partial charge on any atom is 0.132 e. The first-order valence-corrected chi connectivity index (χ1v) is 4.33. The lowest BCUT2D eigenvalue weighted by atomic mass is 10.0. The summed E-state index contributed by atoms with van der Waals surface area (Å²) in [6.07, 6.45) is 3.09. The Hall–Kier alpha value is -0.370. The average Bonchev–Trinajstić information content (AvgIpc) is 2.01. The van der Waals surface area contributed by atoms with Gasteiger partial charge in [0.1, 0.15) is 5.78 Å². The smallest absolute Gasteiger partial charge is 0.132 e. The number of carbonyl (C=O) groups is 1. The minimum absolute atomic E-state index is 0.194. The lowest BCUT2D eigenvalue weighted by Gasteiger charge is -2.05. The second-order valence-electron chi connectivity index (χ2n) is 3.12. The molecular weight excluding hydrogens is 140 g/mol. The molecule has 0 aromatic carbocycles. The maximum absolute atomic E-state index is 11.0. The van der Waals surface area contributed by atoms with Gasteiger partial charge >= 0.3 is 0 Å². The van der Waals surface area contributed by atoms with Gasteiger partial charge in [-0.3, -0.25) is 4.79 Å². The third-order valence-corrected chi connectivity index (χ3v) is 1.76. The summed E-state index contributed by atoms with van der Waals surface area (Å²) in [6.45, 7) is 4.16. The molecule has 1 N–H and O–H groups in total. The molecule has 0 radical (unpaired) electrons. The third kappa shape index (κ3) is 6.05. The topological polar surface area (TPSA) is 37.3 Å². The van der Waals surface area contributed by atoms with Crippen LogP contribution >= 0.6 is 0 Å². The van der Waals surface area contributed by atoms with E-state index in [-0.39, 0.29) is 12.5 Å². The van der Waals surface area contributed by atoms with Crippen molar-refractivity contribution in [2.24, 2.45) is 5.92 Å². The molecule has 0 aliphatic rings. The predicted octanol–water partition coefficient (Wildman–Crippen LogP) is 1.76. The first-order valence-electron chi connectivity index (χ1n) is 4.33. The molecule has 11 heavy (non-hydrogen) atoms. The molecular formula is C9H18O2. The number of carbonyl (C=O) groups excluding carboxylic acids is 1. The number of aliphatic hydroxyl groups excluding tert-OH is 1. The molecule has 0 aliphatic heterocycles. The first-order chi connectivity index (χ1) is 5.20. The quantitative estimate of drug-likeness (QED) is 0.639. The third-order valence-electron chi connectivity index (χ3n) is 1.76. The number of hydrogen-bond donors (Lipinski definition) is 1. The van der Waals surface area contributed by atoms with Gasteiger partial charge < -0.3 is 5.11 Å². The largest absolute Gasteiger partial charge is 0.396 e. The molecule has 0 spiro atoms.